The maximum atomic E-state index is 14.0. The summed E-state index contributed by atoms with van der Waals surface area (Å²) >= 11 is 0. The van der Waals surface area contributed by atoms with Crippen LogP contribution in [0.4, 0.5) is 4.39 Å². The highest BCUT2D eigenvalue weighted by Crippen LogP contribution is 2.61. The van der Waals surface area contributed by atoms with E-state index in [4.69, 9.17) is 0 Å². The molecule has 5 unspecified atom stereocenters. The van der Waals surface area contributed by atoms with Crippen molar-refractivity contribution >= 4 is 0 Å². The highest BCUT2D eigenvalue weighted by molar-refractivity contribution is 5.75. The van der Waals surface area contributed by atoms with Crippen LogP contribution in [0, 0.1) is 41.3 Å². The molecule has 0 radical (unpaired) electrons. The molecule has 4 aliphatic carbocycles. The number of allylic oxidation sites excluding steroid dienone is 1. The molecule has 48 heavy (non-hydrogen) atoms. The number of fused-ring (bicyclic) bond motifs is 1. The molecule has 0 saturated heterocycles. The van der Waals surface area contributed by atoms with Crippen molar-refractivity contribution < 1.29 is 9.50 Å². The van der Waals surface area contributed by atoms with Crippen molar-refractivity contribution in [1.82, 2.24) is 5.32 Å². The quantitative estimate of drug-likeness (QED) is 0.157. The van der Waals surface area contributed by atoms with Crippen LogP contribution in [0.3, 0.4) is 0 Å². The second-order valence-electron chi connectivity index (χ2n) is 16.9. The fourth-order valence-electron chi connectivity index (χ4n) is 10.3. The second kappa shape index (κ2) is 15.0. The third kappa shape index (κ3) is 7.45. The average Bonchev–Trinajstić information content (AvgIpc) is 4.00. The summed E-state index contributed by atoms with van der Waals surface area (Å²) in [5.41, 5.74) is 14.5. The second-order valence-corrected chi connectivity index (χ2v) is 16.9. The van der Waals surface area contributed by atoms with E-state index in [-0.39, 0.29) is 11.2 Å². The zero-order valence-corrected chi connectivity index (χ0v) is 31.1. The Hall–Kier alpha value is -2.19. The maximum Gasteiger partial charge on any atom is 0.123 e. The summed E-state index contributed by atoms with van der Waals surface area (Å²) < 4.78 is 14.0. The van der Waals surface area contributed by atoms with Crippen LogP contribution in [0.15, 0.2) is 47.7 Å². The smallest absolute Gasteiger partial charge is 0.123 e. The minimum Gasteiger partial charge on any atom is -0.378 e. The van der Waals surface area contributed by atoms with Gasteiger partial charge in [-0.25, -0.2) is 4.39 Å². The summed E-state index contributed by atoms with van der Waals surface area (Å²) in [6.45, 7) is 14.8. The van der Waals surface area contributed by atoms with Crippen molar-refractivity contribution in [2.24, 2.45) is 28.6 Å². The van der Waals surface area contributed by atoms with Crippen LogP contribution in [0.25, 0.3) is 11.1 Å². The van der Waals surface area contributed by atoms with Gasteiger partial charge in [0.25, 0.3) is 0 Å². The van der Waals surface area contributed by atoms with Gasteiger partial charge in [0.05, 0.1) is 0 Å². The van der Waals surface area contributed by atoms with Crippen molar-refractivity contribution in [3.05, 3.63) is 75.8 Å². The van der Waals surface area contributed by atoms with Gasteiger partial charge in [-0.3, -0.25) is 5.32 Å². The summed E-state index contributed by atoms with van der Waals surface area (Å²) in [4.78, 5) is 0. The van der Waals surface area contributed by atoms with E-state index < -0.39 is 6.23 Å². The fourth-order valence-corrected chi connectivity index (χ4v) is 10.3. The molecule has 0 spiro atoms. The molecule has 2 aromatic rings. The molecular weight excluding hydrogens is 589 g/mol. The minimum atomic E-state index is -0.411. The molecular formula is C45H64FNO. The Kier molecular flexibility index (Phi) is 11.1. The molecule has 2 nitrogen and oxygen atoms in total. The van der Waals surface area contributed by atoms with Crippen LogP contribution < -0.4 is 5.32 Å². The lowest BCUT2D eigenvalue weighted by Gasteiger charge is -2.43. The number of aryl methyl sites for hydroxylation is 1. The Morgan fingerprint density at radius 1 is 1.04 bits per heavy atom. The number of hydrogen-bond donors (Lipinski definition) is 2. The third-order valence-electron chi connectivity index (χ3n) is 13.6. The van der Waals surface area contributed by atoms with Gasteiger partial charge in [0.2, 0.25) is 0 Å². The first-order valence-corrected chi connectivity index (χ1v) is 19.9. The predicted octanol–water partition coefficient (Wildman–Crippen LogP) is 11.9. The van der Waals surface area contributed by atoms with Crippen LogP contribution in [0.2, 0.25) is 0 Å². The van der Waals surface area contributed by atoms with Gasteiger partial charge in [-0.1, -0.05) is 59.2 Å². The minimum absolute atomic E-state index is 0.0296. The molecule has 3 saturated carbocycles. The molecule has 2 N–H and O–H groups in total. The van der Waals surface area contributed by atoms with E-state index in [1.165, 1.54) is 99.3 Å². The van der Waals surface area contributed by atoms with E-state index >= 15 is 0 Å². The number of nitrogens with one attached hydrogen (secondary N) is 1. The van der Waals surface area contributed by atoms with Gasteiger partial charge < -0.3 is 5.11 Å². The number of benzene rings is 2. The van der Waals surface area contributed by atoms with Crippen LogP contribution in [-0.2, 0) is 6.42 Å². The molecule has 0 aliphatic heterocycles. The number of aliphatic hydroxyl groups is 1. The molecule has 4 aliphatic rings. The Labute approximate surface area is 292 Å². The van der Waals surface area contributed by atoms with E-state index in [1.807, 2.05) is 12.1 Å². The zero-order valence-electron chi connectivity index (χ0n) is 31.1. The Morgan fingerprint density at radius 3 is 2.42 bits per heavy atom. The first kappa shape index (κ1) is 35.6. The predicted molar refractivity (Wildman–Crippen MR) is 200 cm³/mol. The van der Waals surface area contributed by atoms with E-state index in [1.54, 1.807) is 28.8 Å². The summed E-state index contributed by atoms with van der Waals surface area (Å²) in [5.74, 6) is 3.32. The Bertz CT molecular complexity index is 1470. The molecule has 2 aromatic carbocycles. The third-order valence-corrected chi connectivity index (χ3v) is 13.6. The molecule has 5 atom stereocenters. The fraction of sp³-hybridized carbons (Fsp3) is 0.667. The lowest BCUT2D eigenvalue weighted by atomic mass is 9.64. The Balaban J connectivity index is 1.24. The summed E-state index contributed by atoms with van der Waals surface area (Å²) in [5, 5.41) is 14.1. The van der Waals surface area contributed by atoms with Gasteiger partial charge in [0.1, 0.15) is 12.0 Å². The monoisotopic (exact) mass is 653 g/mol. The number of aliphatic hydroxyl groups excluding tert-OH is 1. The molecule has 0 bridgehead atoms. The normalized spacial score (nSPS) is 29.8. The van der Waals surface area contributed by atoms with Crippen molar-refractivity contribution in [1.29, 1.82) is 0 Å². The number of halogens is 1. The molecule has 3 fully saturated rings. The number of rotatable bonds is 14. The maximum absolute atomic E-state index is 14.0. The van der Waals surface area contributed by atoms with Crippen molar-refractivity contribution in [2.45, 2.75) is 156 Å². The summed E-state index contributed by atoms with van der Waals surface area (Å²) in [6.07, 6.45) is 20.2. The largest absolute Gasteiger partial charge is 0.378 e. The summed E-state index contributed by atoms with van der Waals surface area (Å²) in [7, 11) is 0. The molecule has 262 valence electrons. The van der Waals surface area contributed by atoms with E-state index in [0.717, 1.165) is 37.6 Å². The van der Waals surface area contributed by atoms with Gasteiger partial charge in [-0.2, -0.15) is 0 Å². The highest BCUT2D eigenvalue weighted by atomic mass is 19.1. The van der Waals surface area contributed by atoms with Crippen molar-refractivity contribution in [3.8, 4) is 11.1 Å². The molecule has 0 heterocycles. The van der Waals surface area contributed by atoms with Crippen LogP contribution in [0.5, 0.6) is 0 Å². The zero-order chi connectivity index (χ0) is 34.1. The first-order valence-electron chi connectivity index (χ1n) is 19.9. The van der Waals surface area contributed by atoms with Gasteiger partial charge in [0.15, 0.2) is 0 Å². The van der Waals surface area contributed by atoms with Crippen LogP contribution in [0.1, 0.15) is 159 Å². The van der Waals surface area contributed by atoms with Crippen LogP contribution in [-0.4, -0.2) is 17.9 Å². The summed E-state index contributed by atoms with van der Waals surface area (Å²) in [6, 6.07) is 9.88. The van der Waals surface area contributed by atoms with Crippen LogP contribution >= 0.6 is 0 Å². The standard InChI is InChI=1S/C45H64FNO/c1-7-12-30(4)41-31(5)42(34-18-20-38(46)21-19-34)39(33-16-17-33)27-36(41)15-11-24-45(8-2)29-37(14-10-13-35-28-40(35)45)32-22-25-44(6,26-23-32)43(48)47-9-3/h10,18-21,27,30,32-33,35,40,43,47-48H,7-9,11-13,15-17,22-26,28-29H2,1-6H3. The SMILES string of the molecule is CCCC(C)c1c(CCCC2(CC)CC(C3CCC(C)(C(O)NCC)CC3)=C=CCC3CC32)cc(C2CC2)c(-c2ccc(F)cc2)c1C. The number of hydrogen-bond acceptors (Lipinski definition) is 2. The molecule has 6 rings (SSSR count). The topological polar surface area (TPSA) is 32.3 Å². The highest BCUT2D eigenvalue weighted by Gasteiger charge is 2.51. The van der Waals surface area contributed by atoms with E-state index in [0.29, 0.717) is 23.2 Å². The van der Waals surface area contributed by atoms with Gasteiger partial charge in [-0.05, 0) is 196 Å². The van der Waals surface area contributed by atoms with E-state index in [2.05, 4.69) is 64.7 Å². The van der Waals surface area contributed by atoms with E-state index in [9.17, 15) is 9.50 Å². The van der Waals surface area contributed by atoms with Gasteiger partial charge in [0, 0.05) is 5.41 Å². The lowest BCUT2D eigenvalue weighted by molar-refractivity contribution is -0.0197. The van der Waals surface area contributed by atoms with Crippen molar-refractivity contribution in [2.75, 3.05) is 6.54 Å². The molecule has 3 heteroatoms. The first-order chi connectivity index (χ1) is 23.1. The van der Waals surface area contributed by atoms with Gasteiger partial charge in [-0.15, -0.1) is 5.73 Å². The Morgan fingerprint density at radius 2 is 1.77 bits per heavy atom. The average molecular weight is 654 g/mol. The van der Waals surface area contributed by atoms with Crippen molar-refractivity contribution in [3.63, 3.8) is 0 Å². The molecule has 0 aromatic heterocycles. The van der Waals surface area contributed by atoms with Gasteiger partial charge >= 0.3 is 0 Å². The lowest BCUT2D eigenvalue weighted by Crippen LogP contribution is -2.45. The molecule has 0 amide bonds.